The first-order chi connectivity index (χ1) is 5.84. The Morgan fingerprint density at radius 2 is 2.33 bits per heavy atom. The maximum absolute atomic E-state index is 11.2. The summed E-state index contributed by atoms with van der Waals surface area (Å²) in [7, 11) is 0. The lowest BCUT2D eigenvalue weighted by Crippen LogP contribution is -2.05. The molecule has 0 aromatic carbocycles. The first kappa shape index (κ1) is 9.50. The molecule has 1 saturated carbocycles. The van der Waals surface area contributed by atoms with Gasteiger partial charge in [0.05, 0.1) is 0 Å². The molecule has 1 aliphatic carbocycles. The van der Waals surface area contributed by atoms with Crippen molar-refractivity contribution in [2.24, 2.45) is 5.92 Å². The van der Waals surface area contributed by atoms with Gasteiger partial charge < -0.3 is 0 Å². The van der Waals surface area contributed by atoms with Crippen LogP contribution in [0.15, 0.2) is 12.7 Å². The van der Waals surface area contributed by atoms with Crippen LogP contribution in [0.25, 0.3) is 0 Å². The Morgan fingerprint density at radius 3 is 2.92 bits per heavy atom. The van der Waals surface area contributed by atoms with E-state index in [0.717, 1.165) is 32.1 Å². The van der Waals surface area contributed by atoms with Crippen molar-refractivity contribution in [3.8, 4) is 0 Å². The highest BCUT2D eigenvalue weighted by molar-refractivity contribution is 5.82. The summed E-state index contributed by atoms with van der Waals surface area (Å²) >= 11 is 0. The summed E-state index contributed by atoms with van der Waals surface area (Å²) in [5, 5.41) is 0. The lowest BCUT2D eigenvalue weighted by atomic mass is 9.99. The molecule has 1 rings (SSSR count). The number of rotatable bonds is 5. The Labute approximate surface area is 74.9 Å². The normalized spacial score (nSPS) is 23.0. The standard InChI is InChI=1S/C11H18O/c1-2-3-4-5-7-10-8-6-9-11(10)12/h2,10H,1,3-9H2. The molecule has 1 atom stereocenters. The Hall–Kier alpha value is -0.590. The maximum Gasteiger partial charge on any atom is 0.135 e. The zero-order valence-corrected chi connectivity index (χ0v) is 7.72. The summed E-state index contributed by atoms with van der Waals surface area (Å²) in [6.45, 7) is 3.68. The fourth-order valence-corrected chi connectivity index (χ4v) is 1.87. The fourth-order valence-electron chi connectivity index (χ4n) is 1.87. The molecule has 1 aliphatic rings. The van der Waals surface area contributed by atoms with Gasteiger partial charge in [0.2, 0.25) is 0 Å². The van der Waals surface area contributed by atoms with Crippen molar-refractivity contribution in [3.05, 3.63) is 12.7 Å². The SMILES string of the molecule is C=CCCCCC1CCCC1=O. The first-order valence-electron chi connectivity index (χ1n) is 4.98. The van der Waals surface area contributed by atoms with Crippen molar-refractivity contribution in [2.45, 2.75) is 44.9 Å². The highest BCUT2D eigenvalue weighted by Crippen LogP contribution is 2.26. The molecule has 1 fully saturated rings. The summed E-state index contributed by atoms with van der Waals surface area (Å²) in [6, 6.07) is 0. The van der Waals surface area contributed by atoms with Crippen LogP contribution in [0, 0.1) is 5.92 Å². The van der Waals surface area contributed by atoms with Crippen LogP contribution in [-0.2, 0) is 4.79 Å². The molecular formula is C11H18O. The molecule has 0 saturated heterocycles. The van der Waals surface area contributed by atoms with Crippen molar-refractivity contribution < 1.29 is 4.79 Å². The van der Waals surface area contributed by atoms with E-state index in [0.29, 0.717) is 11.7 Å². The van der Waals surface area contributed by atoms with Gasteiger partial charge in [0, 0.05) is 12.3 Å². The molecule has 0 aromatic heterocycles. The summed E-state index contributed by atoms with van der Waals surface area (Å²) in [5.41, 5.74) is 0. The van der Waals surface area contributed by atoms with Gasteiger partial charge in [0.1, 0.15) is 5.78 Å². The van der Waals surface area contributed by atoms with Gasteiger partial charge in [0.15, 0.2) is 0 Å². The topological polar surface area (TPSA) is 17.1 Å². The van der Waals surface area contributed by atoms with Crippen LogP contribution in [0.4, 0.5) is 0 Å². The van der Waals surface area contributed by atoms with Crippen molar-refractivity contribution in [1.82, 2.24) is 0 Å². The monoisotopic (exact) mass is 166 g/mol. The Morgan fingerprint density at radius 1 is 1.50 bits per heavy atom. The molecular weight excluding hydrogens is 148 g/mol. The second-order valence-electron chi connectivity index (χ2n) is 3.63. The van der Waals surface area contributed by atoms with E-state index >= 15 is 0 Å². The van der Waals surface area contributed by atoms with Crippen LogP contribution in [0.2, 0.25) is 0 Å². The minimum absolute atomic E-state index is 0.412. The van der Waals surface area contributed by atoms with Gasteiger partial charge in [-0.15, -0.1) is 6.58 Å². The lowest BCUT2D eigenvalue weighted by Gasteiger charge is -2.05. The van der Waals surface area contributed by atoms with Gasteiger partial charge >= 0.3 is 0 Å². The van der Waals surface area contributed by atoms with E-state index in [2.05, 4.69) is 6.58 Å². The number of hydrogen-bond donors (Lipinski definition) is 0. The third-order valence-corrected chi connectivity index (χ3v) is 2.64. The molecule has 0 N–H and O–H groups in total. The third-order valence-electron chi connectivity index (χ3n) is 2.64. The largest absolute Gasteiger partial charge is 0.299 e. The Kier molecular flexibility index (Phi) is 4.06. The van der Waals surface area contributed by atoms with Gasteiger partial charge in [-0.3, -0.25) is 4.79 Å². The average Bonchev–Trinajstić information content (AvgIpc) is 2.46. The van der Waals surface area contributed by atoms with E-state index in [1.54, 1.807) is 0 Å². The molecule has 1 unspecified atom stereocenters. The molecule has 0 bridgehead atoms. The van der Waals surface area contributed by atoms with Gasteiger partial charge in [-0.2, -0.15) is 0 Å². The Balaban J connectivity index is 2.06. The average molecular weight is 166 g/mol. The molecule has 0 heterocycles. The summed E-state index contributed by atoms with van der Waals surface area (Å²) in [6.07, 6.45) is 9.68. The predicted octanol–water partition coefficient (Wildman–Crippen LogP) is 3.10. The molecule has 68 valence electrons. The van der Waals surface area contributed by atoms with Crippen molar-refractivity contribution >= 4 is 5.78 Å². The van der Waals surface area contributed by atoms with E-state index in [-0.39, 0.29) is 0 Å². The number of allylic oxidation sites excluding steroid dienone is 1. The minimum atomic E-state index is 0.412. The van der Waals surface area contributed by atoms with Gasteiger partial charge in [-0.25, -0.2) is 0 Å². The second kappa shape index (κ2) is 5.13. The van der Waals surface area contributed by atoms with Gasteiger partial charge in [-0.1, -0.05) is 12.5 Å². The summed E-state index contributed by atoms with van der Waals surface area (Å²) in [4.78, 5) is 11.2. The van der Waals surface area contributed by atoms with E-state index in [9.17, 15) is 4.79 Å². The number of carbonyl (C=O) groups is 1. The molecule has 0 aromatic rings. The number of ketones is 1. The molecule has 0 aliphatic heterocycles. The zero-order valence-electron chi connectivity index (χ0n) is 7.72. The predicted molar refractivity (Wildman–Crippen MR) is 51.0 cm³/mol. The van der Waals surface area contributed by atoms with Crippen LogP contribution < -0.4 is 0 Å². The molecule has 0 amide bonds. The maximum atomic E-state index is 11.2. The number of carbonyl (C=O) groups excluding carboxylic acids is 1. The van der Waals surface area contributed by atoms with Gasteiger partial charge in [0.25, 0.3) is 0 Å². The summed E-state index contributed by atoms with van der Waals surface area (Å²) in [5.74, 6) is 0.920. The number of unbranched alkanes of at least 4 members (excludes halogenated alkanes) is 2. The number of hydrogen-bond acceptors (Lipinski definition) is 1. The van der Waals surface area contributed by atoms with E-state index < -0.39 is 0 Å². The minimum Gasteiger partial charge on any atom is -0.299 e. The van der Waals surface area contributed by atoms with Crippen LogP contribution >= 0.6 is 0 Å². The smallest absolute Gasteiger partial charge is 0.135 e. The van der Waals surface area contributed by atoms with Crippen molar-refractivity contribution in [1.29, 1.82) is 0 Å². The third kappa shape index (κ3) is 2.80. The fraction of sp³-hybridized carbons (Fsp3) is 0.727. The highest BCUT2D eigenvalue weighted by Gasteiger charge is 2.23. The summed E-state index contributed by atoms with van der Waals surface area (Å²) < 4.78 is 0. The van der Waals surface area contributed by atoms with Crippen molar-refractivity contribution in [3.63, 3.8) is 0 Å². The second-order valence-corrected chi connectivity index (χ2v) is 3.63. The van der Waals surface area contributed by atoms with E-state index in [1.807, 2.05) is 6.08 Å². The molecule has 12 heavy (non-hydrogen) atoms. The highest BCUT2D eigenvalue weighted by atomic mass is 16.1. The van der Waals surface area contributed by atoms with Crippen LogP contribution in [0.3, 0.4) is 0 Å². The zero-order chi connectivity index (χ0) is 8.81. The number of Topliss-reactive ketones (excluding diaryl/α,β-unsaturated/α-hetero) is 1. The van der Waals surface area contributed by atoms with Crippen LogP contribution in [-0.4, -0.2) is 5.78 Å². The van der Waals surface area contributed by atoms with E-state index in [1.165, 1.54) is 12.8 Å². The van der Waals surface area contributed by atoms with Crippen LogP contribution in [0.5, 0.6) is 0 Å². The molecule has 0 spiro atoms. The van der Waals surface area contributed by atoms with Crippen LogP contribution in [0.1, 0.15) is 44.9 Å². The van der Waals surface area contributed by atoms with Crippen molar-refractivity contribution in [2.75, 3.05) is 0 Å². The Bertz CT molecular complexity index is 160. The molecule has 0 radical (unpaired) electrons. The lowest BCUT2D eigenvalue weighted by molar-refractivity contribution is -0.120. The molecule has 1 nitrogen and oxygen atoms in total. The quantitative estimate of drug-likeness (QED) is 0.453. The first-order valence-corrected chi connectivity index (χ1v) is 4.98. The molecule has 1 heteroatoms. The van der Waals surface area contributed by atoms with Gasteiger partial charge in [-0.05, 0) is 32.1 Å². The van der Waals surface area contributed by atoms with E-state index in [4.69, 9.17) is 0 Å².